The van der Waals surface area contributed by atoms with Crippen molar-refractivity contribution >= 4 is 24.1 Å². The summed E-state index contributed by atoms with van der Waals surface area (Å²) in [4.78, 5) is 9.73. The molecule has 0 aromatic carbocycles. The zero-order chi connectivity index (χ0) is 12.8. The Labute approximate surface area is 99.5 Å². The molecular formula is C8H6N7O3-. The van der Waals surface area contributed by atoms with Crippen LogP contribution in [0.1, 0.15) is 5.76 Å². The first kappa shape index (κ1) is 11.4. The molecule has 0 aliphatic carbocycles. The highest BCUT2D eigenvalue weighted by molar-refractivity contribution is 5.78. The van der Waals surface area contributed by atoms with Crippen LogP contribution in [0.2, 0.25) is 0 Å². The maximum Gasteiger partial charge on any atom is 0.433 e. The van der Waals surface area contributed by atoms with Gasteiger partial charge in [0.05, 0.1) is 12.0 Å². The summed E-state index contributed by atoms with van der Waals surface area (Å²) in [6.45, 7) is 0. The van der Waals surface area contributed by atoms with Crippen molar-refractivity contribution in [2.75, 3.05) is 0 Å². The van der Waals surface area contributed by atoms with Crippen molar-refractivity contribution in [2.24, 2.45) is 5.10 Å². The SMILES string of the molecule is O=[N+]([O-])c1ccc(/C=C/C=N/[N-]c2nn[nH]n2)o1. The van der Waals surface area contributed by atoms with Gasteiger partial charge >= 0.3 is 5.88 Å². The Morgan fingerprint density at radius 1 is 1.56 bits per heavy atom. The number of furan rings is 1. The minimum Gasteiger partial charge on any atom is -0.401 e. The molecule has 0 aliphatic rings. The van der Waals surface area contributed by atoms with Crippen LogP contribution in [-0.2, 0) is 0 Å². The molecule has 18 heavy (non-hydrogen) atoms. The zero-order valence-electron chi connectivity index (χ0n) is 8.79. The Morgan fingerprint density at radius 2 is 2.44 bits per heavy atom. The molecule has 1 N–H and O–H groups in total. The molecule has 0 unspecified atom stereocenters. The van der Waals surface area contributed by atoms with E-state index < -0.39 is 4.92 Å². The van der Waals surface area contributed by atoms with E-state index in [0.717, 1.165) is 0 Å². The molecule has 0 spiro atoms. The molecule has 0 atom stereocenters. The third-order valence-corrected chi connectivity index (χ3v) is 1.69. The number of hydrogen-bond donors (Lipinski definition) is 1. The number of aromatic amines is 1. The van der Waals surface area contributed by atoms with Crippen molar-refractivity contribution in [2.45, 2.75) is 0 Å². The summed E-state index contributed by atoms with van der Waals surface area (Å²) in [5.41, 5.74) is 3.59. The number of H-pyrrole nitrogens is 1. The van der Waals surface area contributed by atoms with Crippen LogP contribution < -0.4 is 0 Å². The first-order valence-corrected chi connectivity index (χ1v) is 4.64. The Balaban J connectivity index is 1.86. The second-order valence-electron chi connectivity index (χ2n) is 2.87. The highest BCUT2D eigenvalue weighted by atomic mass is 16.6. The number of tetrazole rings is 1. The molecule has 2 aromatic rings. The number of nitrogens with zero attached hydrogens (tertiary/aromatic N) is 6. The predicted molar refractivity (Wildman–Crippen MR) is 60.1 cm³/mol. The predicted octanol–water partition coefficient (Wildman–Crippen LogP) is 1.41. The maximum atomic E-state index is 10.3. The molecule has 2 heterocycles. The van der Waals surface area contributed by atoms with E-state index in [2.05, 4.69) is 31.2 Å². The molecule has 0 radical (unpaired) electrons. The second kappa shape index (κ2) is 5.34. The summed E-state index contributed by atoms with van der Waals surface area (Å²) in [6, 6.07) is 2.74. The third kappa shape index (κ3) is 2.98. The van der Waals surface area contributed by atoms with Crippen LogP contribution in [-0.4, -0.2) is 31.8 Å². The molecule has 92 valence electrons. The molecule has 10 nitrogen and oxygen atoms in total. The summed E-state index contributed by atoms with van der Waals surface area (Å²) in [7, 11) is 0. The first-order chi connectivity index (χ1) is 8.75. The van der Waals surface area contributed by atoms with Gasteiger partial charge in [0.2, 0.25) is 0 Å². The van der Waals surface area contributed by atoms with Crippen molar-refractivity contribution in [1.82, 2.24) is 20.6 Å². The molecule has 0 aliphatic heterocycles. The highest BCUT2D eigenvalue weighted by Gasteiger charge is 2.09. The third-order valence-electron chi connectivity index (χ3n) is 1.69. The molecule has 0 amide bonds. The topological polar surface area (TPSA) is 137 Å². The van der Waals surface area contributed by atoms with Gasteiger partial charge in [0.15, 0.2) is 0 Å². The van der Waals surface area contributed by atoms with Crippen molar-refractivity contribution in [1.29, 1.82) is 0 Å². The average Bonchev–Trinajstić information content (AvgIpc) is 2.98. The lowest BCUT2D eigenvalue weighted by Gasteiger charge is -1.94. The molecule has 0 fully saturated rings. The number of nitro groups is 1. The normalized spacial score (nSPS) is 11.3. The van der Waals surface area contributed by atoms with E-state index in [4.69, 9.17) is 4.42 Å². The van der Waals surface area contributed by atoms with Crippen molar-refractivity contribution in [3.63, 3.8) is 0 Å². The van der Waals surface area contributed by atoms with Gasteiger partial charge in [-0.3, -0.25) is 31.0 Å². The fourth-order valence-corrected chi connectivity index (χ4v) is 0.990. The molecule has 10 heteroatoms. The number of allylic oxidation sites excluding steroid dienone is 1. The number of hydrogen-bond acceptors (Lipinski definition) is 7. The fourth-order valence-electron chi connectivity index (χ4n) is 0.990. The van der Waals surface area contributed by atoms with Crippen molar-refractivity contribution in [3.8, 4) is 0 Å². The maximum absolute atomic E-state index is 10.3. The summed E-state index contributed by atoms with van der Waals surface area (Å²) < 4.78 is 4.88. The van der Waals surface area contributed by atoms with Crippen molar-refractivity contribution < 1.29 is 9.34 Å². The Kier molecular flexibility index (Phi) is 3.39. The lowest BCUT2D eigenvalue weighted by molar-refractivity contribution is -0.402. The zero-order valence-corrected chi connectivity index (χ0v) is 8.79. The van der Waals surface area contributed by atoms with Gasteiger partial charge in [-0.15, -0.1) is 5.21 Å². The molecule has 0 saturated heterocycles. The standard InChI is InChI=1S/C8H6N7O3/c16-15(17)7-4-3-6(18-7)2-1-5-9-10-8-11-13-14-12-8/h1-5H,(H-,10,11,12,13,14)/q-1/b2-1+,9-5+. The van der Waals surface area contributed by atoms with Gasteiger partial charge in [0, 0.05) is 6.21 Å². The summed E-state index contributed by atoms with van der Waals surface area (Å²) in [5, 5.41) is 26.6. The first-order valence-electron chi connectivity index (χ1n) is 4.64. The Hall–Kier alpha value is -3.04. The second-order valence-corrected chi connectivity index (χ2v) is 2.87. The van der Waals surface area contributed by atoms with E-state index in [1.165, 1.54) is 30.5 Å². The van der Waals surface area contributed by atoms with E-state index in [9.17, 15) is 10.1 Å². The van der Waals surface area contributed by atoms with Crippen molar-refractivity contribution in [3.05, 3.63) is 39.5 Å². The lowest BCUT2D eigenvalue weighted by atomic mass is 10.4. The number of rotatable bonds is 5. The van der Waals surface area contributed by atoms with E-state index in [1.54, 1.807) is 0 Å². The molecule has 2 rings (SSSR count). The Morgan fingerprint density at radius 3 is 3.11 bits per heavy atom. The van der Waals surface area contributed by atoms with Gasteiger partial charge in [-0.1, -0.05) is 0 Å². The number of aromatic nitrogens is 4. The van der Waals surface area contributed by atoms with Gasteiger partial charge in [-0.05, 0) is 18.2 Å². The summed E-state index contributed by atoms with van der Waals surface area (Å²) >= 11 is 0. The van der Waals surface area contributed by atoms with Gasteiger partial charge in [-0.25, -0.2) is 5.10 Å². The van der Waals surface area contributed by atoms with Gasteiger partial charge in [0.1, 0.15) is 10.7 Å². The highest BCUT2D eigenvalue weighted by Crippen LogP contribution is 2.16. The Bertz CT molecular complexity index is 571. The van der Waals surface area contributed by atoms with E-state index in [0.29, 0.717) is 5.76 Å². The summed E-state index contributed by atoms with van der Waals surface area (Å²) in [5.74, 6) is 0.129. The van der Waals surface area contributed by atoms with Gasteiger partial charge in [0.25, 0.3) is 0 Å². The van der Waals surface area contributed by atoms with Gasteiger partial charge < -0.3 is 4.42 Å². The smallest absolute Gasteiger partial charge is 0.401 e. The fraction of sp³-hybridized carbons (Fsp3) is 0. The largest absolute Gasteiger partial charge is 0.433 e. The summed E-state index contributed by atoms with van der Waals surface area (Å²) in [6.07, 6.45) is 4.36. The molecule has 0 bridgehead atoms. The van der Waals surface area contributed by atoms with Crippen LogP contribution in [0, 0.1) is 10.1 Å². The van der Waals surface area contributed by atoms with E-state index in [1.807, 2.05) is 0 Å². The molecular weight excluding hydrogens is 242 g/mol. The van der Waals surface area contributed by atoms with Gasteiger partial charge in [-0.2, -0.15) is 0 Å². The van der Waals surface area contributed by atoms with Crippen LogP contribution >= 0.6 is 0 Å². The van der Waals surface area contributed by atoms with Crippen LogP contribution in [0.4, 0.5) is 11.8 Å². The van der Waals surface area contributed by atoms with E-state index >= 15 is 0 Å². The van der Waals surface area contributed by atoms with E-state index in [-0.39, 0.29) is 11.8 Å². The van der Waals surface area contributed by atoms with Crippen LogP contribution in [0.3, 0.4) is 0 Å². The van der Waals surface area contributed by atoms with Crippen LogP contribution in [0.25, 0.3) is 11.5 Å². The number of nitrogens with one attached hydrogen (secondary N) is 1. The quantitative estimate of drug-likeness (QED) is 0.482. The molecule has 2 aromatic heterocycles. The molecule has 0 saturated carbocycles. The minimum absolute atomic E-state index is 0.105. The minimum atomic E-state index is -0.614. The monoisotopic (exact) mass is 248 g/mol. The lowest BCUT2D eigenvalue weighted by Crippen LogP contribution is -1.82. The average molecular weight is 248 g/mol. The van der Waals surface area contributed by atoms with Crippen LogP contribution in [0.5, 0.6) is 0 Å². The van der Waals surface area contributed by atoms with Crippen LogP contribution in [0.15, 0.2) is 27.7 Å².